The second-order valence-electron chi connectivity index (χ2n) is 6.22. The van der Waals surface area contributed by atoms with E-state index in [1.165, 1.54) is 19.3 Å². The Kier molecular flexibility index (Phi) is 6.30. The molecule has 2 fully saturated rings. The first-order valence-corrected chi connectivity index (χ1v) is 8.26. The first-order valence-electron chi connectivity index (χ1n) is 8.26. The number of nitrogens with zero attached hydrogens (tertiary/aromatic N) is 1. The van der Waals surface area contributed by atoms with Gasteiger partial charge in [0.2, 0.25) is 5.91 Å². The molecule has 2 saturated carbocycles. The van der Waals surface area contributed by atoms with E-state index in [9.17, 15) is 9.90 Å². The minimum Gasteiger partial charge on any atom is -0.395 e. The van der Waals surface area contributed by atoms with Crippen LogP contribution in [0, 0.1) is 5.92 Å². The van der Waals surface area contributed by atoms with Crippen LogP contribution in [0.25, 0.3) is 0 Å². The summed E-state index contributed by atoms with van der Waals surface area (Å²) in [7, 11) is 0. The zero-order valence-electron chi connectivity index (χ0n) is 12.7. The molecule has 0 saturated heterocycles. The van der Waals surface area contributed by atoms with Gasteiger partial charge in [-0.1, -0.05) is 19.3 Å². The standard InChI is InChI=1S/C16H29NO3/c1-2-20-15-10-13(11-15)12-16(19)17(8-9-18)14-6-4-3-5-7-14/h13-15,18H,2-12H2,1H3. The van der Waals surface area contributed by atoms with E-state index < -0.39 is 0 Å². The van der Waals surface area contributed by atoms with E-state index in [1.54, 1.807) is 0 Å². The largest absolute Gasteiger partial charge is 0.395 e. The Morgan fingerprint density at radius 2 is 1.95 bits per heavy atom. The first-order chi connectivity index (χ1) is 9.74. The second kappa shape index (κ2) is 7.99. The number of carbonyl (C=O) groups excluding carboxylic acids is 1. The summed E-state index contributed by atoms with van der Waals surface area (Å²) in [6.45, 7) is 3.37. The minimum absolute atomic E-state index is 0.0779. The molecule has 0 atom stereocenters. The van der Waals surface area contributed by atoms with Gasteiger partial charge in [-0.05, 0) is 38.5 Å². The van der Waals surface area contributed by atoms with Crippen molar-refractivity contribution in [1.29, 1.82) is 0 Å². The number of hydrogen-bond acceptors (Lipinski definition) is 3. The maximum absolute atomic E-state index is 12.5. The molecule has 0 unspecified atom stereocenters. The summed E-state index contributed by atoms with van der Waals surface area (Å²) in [6, 6.07) is 0.367. The van der Waals surface area contributed by atoms with Crippen LogP contribution in [0.15, 0.2) is 0 Å². The molecule has 2 aliphatic carbocycles. The Bertz CT molecular complexity index is 296. The highest BCUT2D eigenvalue weighted by Crippen LogP contribution is 2.34. The Morgan fingerprint density at radius 3 is 2.55 bits per heavy atom. The zero-order valence-corrected chi connectivity index (χ0v) is 12.7. The third-order valence-electron chi connectivity index (χ3n) is 4.73. The SMILES string of the molecule is CCOC1CC(CC(=O)N(CCO)C2CCCCC2)C1. The van der Waals surface area contributed by atoms with Gasteiger partial charge in [-0.15, -0.1) is 0 Å². The predicted molar refractivity (Wildman–Crippen MR) is 78.4 cm³/mol. The molecule has 20 heavy (non-hydrogen) atoms. The van der Waals surface area contributed by atoms with Gasteiger partial charge >= 0.3 is 0 Å². The predicted octanol–water partition coefficient (Wildman–Crippen LogP) is 2.35. The lowest BCUT2D eigenvalue weighted by atomic mass is 9.79. The van der Waals surface area contributed by atoms with E-state index >= 15 is 0 Å². The molecule has 2 aliphatic rings. The van der Waals surface area contributed by atoms with Gasteiger partial charge in [-0.3, -0.25) is 4.79 Å². The maximum Gasteiger partial charge on any atom is 0.223 e. The van der Waals surface area contributed by atoms with Crippen LogP contribution in [0.1, 0.15) is 58.3 Å². The molecule has 0 aromatic carbocycles. The molecule has 116 valence electrons. The van der Waals surface area contributed by atoms with E-state index in [2.05, 4.69) is 0 Å². The number of amides is 1. The van der Waals surface area contributed by atoms with Crippen LogP contribution in [-0.2, 0) is 9.53 Å². The van der Waals surface area contributed by atoms with E-state index in [4.69, 9.17) is 4.74 Å². The second-order valence-corrected chi connectivity index (χ2v) is 6.22. The average Bonchev–Trinajstić information content (AvgIpc) is 2.43. The van der Waals surface area contributed by atoms with Gasteiger partial charge in [0, 0.05) is 25.6 Å². The molecule has 0 aliphatic heterocycles. The van der Waals surface area contributed by atoms with Crippen molar-refractivity contribution in [3.05, 3.63) is 0 Å². The van der Waals surface area contributed by atoms with E-state index in [1.807, 2.05) is 11.8 Å². The van der Waals surface area contributed by atoms with Crippen LogP contribution in [0.5, 0.6) is 0 Å². The highest BCUT2D eigenvalue weighted by atomic mass is 16.5. The van der Waals surface area contributed by atoms with Crippen molar-refractivity contribution in [2.75, 3.05) is 19.8 Å². The summed E-state index contributed by atoms with van der Waals surface area (Å²) in [5.41, 5.74) is 0. The Morgan fingerprint density at radius 1 is 1.25 bits per heavy atom. The minimum atomic E-state index is 0.0779. The quantitative estimate of drug-likeness (QED) is 0.780. The van der Waals surface area contributed by atoms with E-state index in [0.29, 0.717) is 31.0 Å². The Labute approximate surface area is 122 Å². The molecule has 2 rings (SSSR count). The van der Waals surface area contributed by atoms with Crippen molar-refractivity contribution in [2.45, 2.75) is 70.4 Å². The lowest BCUT2D eigenvalue weighted by Crippen LogP contribution is -2.45. The van der Waals surface area contributed by atoms with E-state index in [0.717, 1.165) is 32.3 Å². The summed E-state index contributed by atoms with van der Waals surface area (Å²) in [5.74, 6) is 0.731. The monoisotopic (exact) mass is 283 g/mol. The molecule has 0 aromatic heterocycles. The van der Waals surface area contributed by atoms with Crippen LogP contribution in [-0.4, -0.2) is 47.8 Å². The van der Waals surface area contributed by atoms with Gasteiger partial charge in [-0.2, -0.15) is 0 Å². The molecular formula is C16H29NO3. The molecule has 0 heterocycles. The van der Waals surface area contributed by atoms with Gasteiger partial charge in [0.15, 0.2) is 0 Å². The summed E-state index contributed by atoms with van der Waals surface area (Å²) in [6.07, 6.45) is 9.01. The van der Waals surface area contributed by atoms with Gasteiger partial charge in [-0.25, -0.2) is 0 Å². The molecule has 4 nitrogen and oxygen atoms in total. The molecule has 0 radical (unpaired) electrons. The van der Waals surface area contributed by atoms with Crippen molar-refractivity contribution in [3.8, 4) is 0 Å². The van der Waals surface area contributed by atoms with Crippen LogP contribution in [0.2, 0.25) is 0 Å². The fourth-order valence-corrected chi connectivity index (χ4v) is 3.59. The molecule has 0 bridgehead atoms. The van der Waals surface area contributed by atoms with Crippen molar-refractivity contribution >= 4 is 5.91 Å². The average molecular weight is 283 g/mol. The Balaban J connectivity index is 1.78. The number of aliphatic hydroxyl groups excluding tert-OH is 1. The van der Waals surface area contributed by atoms with Gasteiger partial charge < -0.3 is 14.7 Å². The van der Waals surface area contributed by atoms with E-state index in [-0.39, 0.29) is 12.5 Å². The van der Waals surface area contributed by atoms with Crippen molar-refractivity contribution in [3.63, 3.8) is 0 Å². The lowest BCUT2D eigenvalue weighted by molar-refractivity contribution is -0.138. The van der Waals surface area contributed by atoms with Gasteiger partial charge in [0.05, 0.1) is 12.7 Å². The number of aliphatic hydroxyl groups is 1. The highest BCUT2D eigenvalue weighted by Gasteiger charge is 2.33. The van der Waals surface area contributed by atoms with Crippen LogP contribution >= 0.6 is 0 Å². The molecule has 1 amide bonds. The number of rotatable bonds is 7. The summed E-state index contributed by atoms with van der Waals surface area (Å²) < 4.78 is 5.55. The fraction of sp³-hybridized carbons (Fsp3) is 0.938. The molecule has 1 N–H and O–H groups in total. The smallest absolute Gasteiger partial charge is 0.223 e. The van der Waals surface area contributed by atoms with Gasteiger partial charge in [0.1, 0.15) is 0 Å². The molecule has 0 aromatic rings. The maximum atomic E-state index is 12.5. The number of ether oxygens (including phenoxy) is 1. The normalized spacial score (nSPS) is 27.1. The van der Waals surface area contributed by atoms with Crippen molar-refractivity contribution < 1.29 is 14.6 Å². The van der Waals surface area contributed by atoms with Crippen LogP contribution in [0.4, 0.5) is 0 Å². The zero-order chi connectivity index (χ0) is 14.4. The first kappa shape index (κ1) is 15.8. The van der Waals surface area contributed by atoms with Gasteiger partial charge in [0.25, 0.3) is 0 Å². The van der Waals surface area contributed by atoms with Crippen molar-refractivity contribution in [1.82, 2.24) is 4.90 Å². The third-order valence-corrected chi connectivity index (χ3v) is 4.73. The summed E-state index contributed by atoms with van der Waals surface area (Å²) >= 11 is 0. The third kappa shape index (κ3) is 4.19. The lowest BCUT2D eigenvalue weighted by Gasteiger charge is -2.38. The van der Waals surface area contributed by atoms with Crippen molar-refractivity contribution in [2.24, 2.45) is 5.92 Å². The topological polar surface area (TPSA) is 49.8 Å². The number of hydrogen-bond donors (Lipinski definition) is 1. The summed E-state index contributed by atoms with van der Waals surface area (Å²) in [4.78, 5) is 14.4. The Hall–Kier alpha value is -0.610. The van der Waals surface area contributed by atoms with Crippen LogP contribution < -0.4 is 0 Å². The van der Waals surface area contributed by atoms with Crippen LogP contribution in [0.3, 0.4) is 0 Å². The molecule has 0 spiro atoms. The summed E-state index contributed by atoms with van der Waals surface area (Å²) in [5, 5.41) is 9.22. The highest BCUT2D eigenvalue weighted by molar-refractivity contribution is 5.77. The number of carbonyl (C=O) groups is 1. The molecular weight excluding hydrogens is 254 g/mol. The fourth-order valence-electron chi connectivity index (χ4n) is 3.59. The molecule has 4 heteroatoms.